The molecule has 1 fully saturated rings. The van der Waals surface area contributed by atoms with E-state index in [0.717, 1.165) is 12.8 Å². The van der Waals surface area contributed by atoms with E-state index in [1.165, 1.54) is 4.57 Å². The van der Waals surface area contributed by atoms with E-state index in [4.69, 9.17) is 11.6 Å². The van der Waals surface area contributed by atoms with Crippen LogP contribution in [0.4, 0.5) is 0 Å². The van der Waals surface area contributed by atoms with Gasteiger partial charge in [0.25, 0.3) is 5.56 Å². The van der Waals surface area contributed by atoms with Crippen LogP contribution in [-0.4, -0.2) is 9.55 Å². The minimum atomic E-state index is -0.381. The number of H-pyrrole nitrogens is 1. The highest BCUT2D eigenvalue weighted by molar-refractivity contribution is 6.30. The van der Waals surface area contributed by atoms with Crippen LogP contribution in [0.3, 0.4) is 0 Å². The van der Waals surface area contributed by atoms with E-state index in [2.05, 4.69) is 18.8 Å². The summed E-state index contributed by atoms with van der Waals surface area (Å²) in [4.78, 5) is 26.9. The van der Waals surface area contributed by atoms with Gasteiger partial charge in [0.2, 0.25) is 0 Å². The Hall–Kier alpha value is -1.03. The van der Waals surface area contributed by atoms with Crippen molar-refractivity contribution in [1.29, 1.82) is 0 Å². The Morgan fingerprint density at radius 1 is 1.33 bits per heavy atom. The Morgan fingerprint density at radius 2 is 2.00 bits per heavy atom. The van der Waals surface area contributed by atoms with Crippen LogP contribution in [-0.2, 0) is 6.42 Å². The second-order valence-electron chi connectivity index (χ2n) is 5.23. The zero-order valence-electron chi connectivity index (χ0n) is 11.0. The Balaban J connectivity index is 2.59. The van der Waals surface area contributed by atoms with Crippen molar-refractivity contribution in [1.82, 2.24) is 9.55 Å². The molecule has 100 valence electrons. The smallest absolute Gasteiger partial charge is 0.297 e. The Labute approximate surface area is 111 Å². The maximum atomic E-state index is 12.3. The predicted octanol–water partition coefficient (Wildman–Crippen LogP) is 2.36. The molecule has 0 aliphatic heterocycles. The molecule has 1 N–H and O–H groups in total. The van der Waals surface area contributed by atoms with Gasteiger partial charge in [-0.3, -0.25) is 14.3 Å². The fraction of sp³-hybridized carbons (Fsp3) is 0.692. The van der Waals surface area contributed by atoms with Crippen LogP contribution in [0.15, 0.2) is 9.59 Å². The molecule has 4 nitrogen and oxygen atoms in total. The molecule has 18 heavy (non-hydrogen) atoms. The van der Waals surface area contributed by atoms with Gasteiger partial charge in [-0.1, -0.05) is 32.4 Å². The summed E-state index contributed by atoms with van der Waals surface area (Å²) >= 11 is 5.91. The fourth-order valence-electron chi connectivity index (χ4n) is 2.87. The fourth-order valence-corrected chi connectivity index (χ4v) is 3.17. The van der Waals surface area contributed by atoms with E-state index < -0.39 is 0 Å². The Bertz CT molecular complexity index is 561. The van der Waals surface area contributed by atoms with Gasteiger partial charge in [0.05, 0.1) is 5.56 Å². The summed E-state index contributed by atoms with van der Waals surface area (Å²) < 4.78 is 1.37. The van der Waals surface area contributed by atoms with Crippen LogP contribution in [0, 0.1) is 11.8 Å². The van der Waals surface area contributed by atoms with E-state index >= 15 is 0 Å². The van der Waals surface area contributed by atoms with Gasteiger partial charge in [-0.05, 0) is 31.1 Å². The van der Waals surface area contributed by atoms with E-state index in [0.29, 0.717) is 23.8 Å². The predicted molar refractivity (Wildman–Crippen MR) is 72.3 cm³/mol. The van der Waals surface area contributed by atoms with Crippen molar-refractivity contribution < 1.29 is 0 Å². The van der Waals surface area contributed by atoms with Gasteiger partial charge in [0, 0.05) is 6.04 Å². The minimum absolute atomic E-state index is 0.00110. The molecule has 0 bridgehead atoms. The average molecular weight is 271 g/mol. The van der Waals surface area contributed by atoms with Crippen LogP contribution in [0.5, 0.6) is 0 Å². The number of aromatic amines is 1. The highest BCUT2D eigenvalue weighted by Gasteiger charge is 2.33. The molecule has 1 saturated carbocycles. The molecule has 0 saturated heterocycles. The first-order valence-corrected chi connectivity index (χ1v) is 6.88. The maximum absolute atomic E-state index is 12.3. The van der Waals surface area contributed by atoms with Crippen molar-refractivity contribution in [2.45, 2.75) is 46.1 Å². The summed E-state index contributed by atoms with van der Waals surface area (Å²) in [5.74, 6) is 0.886. The number of nitrogens with zero attached hydrogens (tertiary/aromatic N) is 1. The molecule has 1 aliphatic rings. The first-order chi connectivity index (χ1) is 8.47. The average Bonchev–Trinajstić information content (AvgIpc) is 2.61. The molecule has 1 aromatic heterocycles. The minimum Gasteiger partial charge on any atom is -0.297 e. The van der Waals surface area contributed by atoms with Crippen molar-refractivity contribution in [3.8, 4) is 0 Å². The van der Waals surface area contributed by atoms with Crippen molar-refractivity contribution in [3.63, 3.8) is 0 Å². The van der Waals surface area contributed by atoms with Crippen molar-refractivity contribution in [2.24, 2.45) is 11.8 Å². The number of halogens is 1. The molecule has 5 heteroatoms. The zero-order valence-corrected chi connectivity index (χ0v) is 11.8. The van der Waals surface area contributed by atoms with E-state index in [1.807, 2.05) is 6.92 Å². The van der Waals surface area contributed by atoms with Crippen molar-refractivity contribution in [2.75, 3.05) is 0 Å². The monoisotopic (exact) mass is 270 g/mol. The number of hydrogen-bond acceptors (Lipinski definition) is 2. The van der Waals surface area contributed by atoms with E-state index in [-0.39, 0.29) is 22.4 Å². The SMILES string of the molecule is CCc1c(Cl)[nH]c(=O)n(C2CCC(C)C2C)c1=O. The van der Waals surface area contributed by atoms with Crippen LogP contribution in [0.1, 0.15) is 45.2 Å². The van der Waals surface area contributed by atoms with Crippen LogP contribution < -0.4 is 11.2 Å². The summed E-state index contributed by atoms with van der Waals surface area (Å²) in [6.07, 6.45) is 2.48. The highest BCUT2D eigenvalue weighted by atomic mass is 35.5. The van der Waals surface area contributed by atoms with E-state index in [9.17, 15) is 9.59 Å². The Kier molecular flexibility index (Phi) is 3.66. The number of rotatable bonds is 2. The molecule has 1 aromatic rings. The maximum Gasteiger partial charge on any atom is 0.329 e. The summed E-state index contributed by atoms with van der Waals surface area (Å²) in [5, 5.41) is 0.183. The second-order valence-corrected chi connectivity index (χ2v) is 5.61. The molecule has 0 aromatic carbocycles. The molecular weight excluding hydrogens is 252 g/mol. The van der Waals surface area contributed by atoms with Crippen molar-refractivity contribution in [3.05, 3.63) is 31.6 Å². The third-order valence-electron chi connectivity index (χ3n) is 4.28. The summed E-state index contributed by atoms with van der Waals surface area (Å²) in [6, 6.07) is -0.00110. The third-order valence-corrected chi connectivity index (χ3v) is 4.61. The molecule has 0 radical (unpaired) electrons. The van der Waals surface area contributed by atoms with Gasteiger partial charge in [-0.2, -0.15) is 0 Å². The van der Waals surface area contributed by atoms with Crippen LogP contribution >= 0.6 is 11.6 Å². The summed E-state index contributed by atoms with van der Waals surface area (Å²) in [6.45, 7) is 6.14. The molecule has 1 heterocycles. The highest BCUT2D eigenvalue weighted by Crippen LogP contribution is 2.38. The molecule has 0 amide bonds. The van der Waals surface area contributed by atoms with Gasteiger partial charge < -0.3 is 0 Å². The number of aromatic nitrogens is 2. The second kappa shape index (κ2) is 4.92. The topological polar surface area (TPSA) is 54.9 Å². The van der Waals surface area contributed by atoms with Gasteiger partial charge in [-0.15, -0.1) is 0 Å². The molecule has 3 unspecified atom stereocenters. The molecule has 2 rings (SSSR count). The van der Waals surface area contributed by atoms with Crippen LogP contribution in [0.2, 0.25) is 5.15 Å². The van der Waals surface area contributed by atoms with Crippen LogP contribution in [0.25, 0.3) is 0 Å². The first kappa shape index (κ1) is 13.4. The summed E-state index contributed by atoms with van der Waals surface area (Å²) in [7, 11) is 0. The first-order valence-electron chi connectivity index (χ1n) is 6.50. The molecular formula is C13H19ClN2O2. The van der Waals surface area contributed by atoms with Gasteiger partial charge >= 0.3 is 5.69 Å². The van der Waals surface area contributed by atoms with Gasteiger partial charge in [0.15, 0.2) is 0 Å². The summed E-state index contributed by atoms with van der Waals surface area (Å²) in [5.41, 5.74) is -0.103. The molecule has 1 aliphatic carbocycles. The lowest BCUT2D eigenvalue weighted by Gasteiger charge is -2.20. The lowest BCUT2D eigenvalue weighted by atomic mass is 9.97. The largest absolute Gasteiger partial charge is 0.329 e. The number of hydrogen-bond donors (Lipinski definition) is 1. The van der Waals surface area contributed by atoms with Gasteiger partial charge in [-0.25, -0.2) is 4.79 Å². The normalized spacial score (nSPS) is 27.7. The van der Waals surface area contributed by atoms with Crippen molar-refractivity contribution >= 4 is 11.6 Å². The zero-order chi connectivity index (χ0) is 13.4. The quantitative estimate of drug-likeness (QED) is 0.839. The Morgan fingerprint density at radius 3 is 2.50 bits per heavy atom. The lowest BCUT2D eigenvalue weighted by Crippen LogP contribution is -2.41. The lowest BCUT2D eigenvalue weighted by molar-refractivity contribution is 0.336. The van der Waals surface area contributed by atoms with E-state index in [1.54, 1.807) is 0 Å². The molecule has 3 atom stereocenters. The number of nitrogens with one attached hydrogen (secondary N) is 1. The van der Waals surface area contributed by atoms with Gasteiger partial charge in [0.1, 0.15) is 5.15 Å². The standard InChI is InChI=1S/C13H19ClN2O2/c1-4-9-11(14)15-13(18)16(12(9)17)10-6-5-7(2)8(10)3/h7-8,10H,4-6H2,1-3H3,(H,15,18). The molecule has 0 spiro atoms. The third kappa shape index (κ3) is 2.03.